The molecule has 3 heterocycles. The fourth-order valence-electron chi connectivity index (χ4n) is 5.44. The average molecular weight is 435 g/mol. The molecule has 3 aliphatic rings. The molecule has 0 bridgehead atoms. The van der Waals surface area contributed by atoms with Crippen molar-refractivity contribution in [2.45, 2.75) is 44.5 Å². The quantitative estimate of drug-likeness (QED) is 0.756. The Morgan fingerprint density at radius 1 is 1.06 bits per heavy atom. The van der Waals surface area contributed by atoms with Gasteiger partial charge in [0.15, 0.2) is 0 Å². The van der Waals surface area contributed by atoms with Crippen molar-refractivity contribution in [2.24, 2.45) is 0 Å². The first-order valence-corrected chi connectivity index (χ1v) is 11.9. The maximum Gasteiger partial charge on any atom is 0.241 e. The van der Waals surface area contributed by atoms with Crippen molar-refractivity contribution in [1.82, 2.24) is 15.1 Å². The lowest BCUT2D eigenvalue weighted by Gasteiger charge is -2.35. The van der Waals surface area contributed by atoms with E-state index in [9.17, 15) is 9.90 Å². The van der Waals surface area contributed by atoms with Crippen molar-refractivity contribution in [3.05, 3.63) is 65.2 Å². The van der Waals surface area contributed by atoms with Crippen LogP contribution in [0.5, 0.6) is 0 Å². The third-order valence-corrected chi connectivity index (χ3v) is 7.25. The van der Waals surface area contributed by atoms with E-state index in [4.69, 9.17) is 0 Å². The molecule has 5 rings (SSSR count). The van der Waals surface area contributed by atoms with E-state index in [0.29, 0.717) is 12.5 Å². The van der Waals surface area contributed by atoms with Gasteiger partial charge in [-0.3, -0.25) is 19.9 Å². The Morgan fingerprint density at radius 2 is 1.81 bits per heavy atom. The molecule has 2 aromatic carbocycles. The summed E-state index contributed by atoms with van der Waals surface area (Å²) in [5, 5.41) is 13.0. The van der Waals surface area contributed by atoms with Crippen molar-refractivity contribution in [1.29, 1.82) is 0 Å². The van der Waals surface area contributed by atoms with Crippen molar-refractivity contribution in [3.8, 4) is 0 Å². The van der Waals surface area contributed by atoms with E-state index in [2.05, 4.69) is 70.6 Å². The molecule has 1 amide bonds. The zero-order chi connectivity index (χ0) is 22.1. The van der Waals surface area contributed by atoms with E-state index in [0.717, 1.165) is 57.8 Å². The number of hydrogen-bond acceptors (Lipinski definition) is 5. The topological polar surface area (TPSA) is 59.1 Å². The molecular formula is C26H34N4O2. The van der Waals surface area contributed by atoms with Gasteiger partial charge in [-0.25, -0.2) is 0 Å². The second-order valence-electron chi connectivity index (χ2n) is 9.60. The second-order valence-corrected chi connectivity index (χ2v) is 9.60. The van der Waals surface area contributed by atoms with Crippen LogP contribution in [0.1, 0.15) is 36.0 Å². The Bertz CT molecular complexity index is 942. The lowest BCUT2D eigenvalue weighted by molar-refractivity contribution is -0.120. The number of fused-ring (bicyclic) bond motifs is 1. The molecule has 0 saturated carbocycles. The lowest BCUT2D eigenvalue weighted by atomic mass is 9.96. The second kappa shape index (κ2) is 9.32. The molecule has 0 radical (unpaired) electrons. The van der Waals surface area contributed by atoms with Crippen molar-refractivity contribution < 1.29 is 9.90 Å². The van der Waals surface area contributed by atoms with Gasteiger partial charge in [0.05, 0.1) is 6.54 Å². The number of nitrogens with one attached hydrogen (secondary N) is 1. The van der Waals surface area contributed by atoms with E-state index < -0.39 is 6.23 Å². The van der Waals surface area contributed by atoms with Crippen LogP contribution in [0.2, 0.25) is 0 Å². The van der Waals surface area contributed by atoms with Gasteiger partial charge in [0.25, 0.3) is 0 Å². The van der Waals surface area contributed by atoms with Gasteiger partial charge < -0.3 is 10.0 Å². The lowest BCUT2D eigenvalue weighted by Crippen LogP contribution is -2.50. The number of nitrogens with zero attached hydrogens (tertiary/aromatic N) is 3. The molecule has 2 fully saturated rings. The summed E-state index contributed by atoms with van der Waals surface area (Å²) in [5.74, 6) is 0.510. The van der Waals surface area contributed by atoms with Gasteiger partial charge in [-0.1, -0.05) is 42.5 Å². The Morgan fingerprint density at radius 3 is 2.53 bits per heavy atom. The Hall–Kier alpha value is -2.25. The van der Waals surface area contributed by atoms with Crippen LogP contribution in [0.25, 0.3) is 0 Å². The molecule has 6 nitrogen and oxygen atoms in total. The maximum absolute atomic E-state index is 13.4. The van der Waals surface area contributed by atoms with Crippen molar-refractivity contribution in [3.63, 3.8) is 0 Å². The monoisotopic (exact) mass is 434 g/mol. The van der Waals surface area contributed by atoms with Gasteiger partial charge in [0.1, 0.15) is 6.23 Å². The normalized spacial score (nSPS) is 26.4. The number of piperazine rings is 1. The smallest absolute Gasteiger partial charge is 0.241 e. The Kier molecular flexibility index (Phi) is 6.28. The number of carbonyl (C=O) groups is 1. The van der Waals surface area contributed by atoms with Crippen LogP contribution in [-0.4, -0.2) is 72.4 Å². The molecule has 0 aliphatic carbocycles. The third kappa shape index (κ3) is 4.59. The van der Waals surface area contributed by atoms with E-state index in [1.54, 1.807) is 0 Å². The van der Waals surface area contributed by atoms with E-state index >= 15 is 0 Å². The zero-order valence-corrected chi connectivity index (χ0v) is 18.9. The van der Waals surface area contributed by atoms with E-state index in [1.165, 1.54) is 16.7 Å². The summed E-state index contributed by atoms with van der Waals surface area (Å²) in [6.45, 7) is 8.25. The van der Waals surface area contributed by atoms with Crippen LogP contribution < -0.4 is 10.2 Å². The Labute approximate surface area is 190 Å². The third-order valence-electron chi connectivity index (χ3n) is 7.25. The minimum absolute atomic E-state index is 0.194. The molecular weight excluding hydrogens is 400 g/mol. The van der Waals surface area contributed by atoms with Gasteiger partial charge in [0, 0.05) is 56.9 Å². The molecule has 0 aromatic heterocycles. The average Bonchev–Trinajstić information content (AvgIpc) is 3.37. The summed E-state index contributed by atoms with van der Waals surface area (Å²) >= 11 is 0. The number of rotatable bonds is 5. The SMILES string of the molecule is CC1Cc2ccc(C3CNC(O)C3)cc2N1C(=O)CN1CCN(Cc2ccccc2)CC1. The first kappa shape index (κ1) is 21.6. The summed E-state index contributed by atoms with van der Waals surface area (Å²) in [5.41, 5.74) is 4.90. The highest BCUT2D eigenvalue weighted by Gasteiger charge is 2.33. The molecule has 3 aliphatic heterocycles. The molecule has 32 heavy (non-hydrogen) atoms. The standard InChI is InChI=1S/C26H34N4O2/c1-19-13-22-8-7-21(23-15-25(31)27-16-23)14-24(22)30(19)26(32)18-29-11-9-28(10-12-29)17-20-5-3-2-4-6-20/h2-8,14,19,23,25,27,31H,9-13,15-18H2,1H3. The highest BCUT2D eigenvalue weighted by molar-refractivity contribution is 5.97. The van der Waals surface area contributed by atoms with Crippen LogP contribution >= 0.6 is 0 Å². The number of benzene rings is 2. The number of aliphatic hydroxyl groups is 1. The fraction of sp³-hybridized carbons (Fsp3) is 0.500. The van der Waals surface area contributed by atoms with Gasteiger partial charge in [-0.05, 0) is 42.5 Å². The van der Waals surface area contributed by atoms with Crippen molar-refractivity contribution >= 4 is 11.6 Å². The largest absolute Gasteiger partial charge is 0.379 e. The van der Waals surface area contributed by atoms with Crippen molar-refractivity contribution in [2.75, 3.05) is 44.2 Å². The summed E-state index contributed by atoms with van der Waals surface area (Å²) in [6.07, 6.45) is 1.22. The molecule has 2 N–H and O–H groups in total. The summed E-state index contributed by atoms with van der Waals surface area (Å²) in [6, 6.07) is 17.3. The molecule has 6 heteroatoms. The van der Waals surface area contributed by atoms with Crippen LogP contribution in [0.15, 0.2) is 48.5 Å². The molecule has 3 unspecified atom stereocenters. The van der Waals surface area contributed by atoms with E-state index in [-0.39, 0.29) is 11.9 Å². The van der Waals surface area contributed by atoms with E-state index in [1.807, 2.05) is 4.90 Å². The minimum Gasteiger partial charge on any atom is -0.379 e. The highest BCUT2D eigenvalue weighted by Crippen LogP contribution is 2.36. The number of carbonyl (C=O) groups excluding carboxylic acids is 1. The fourth-order valence-corrected chi connectivity index (χ4v) is 5.44. The first-order valence-electron chi connectivity index (χ1n) is 11.9. The number of aliphatic hydroxyl groups excluding tert-OH is 1. The summed E-state index contributed by atoms with van der Waals surface area (Å²) in [4.78, 5) is 20.2. The summed E-state index contributed by atoms with van der Waals surface area (Å²) in [7, 11) is 0. The first-order chi connectivity index (χ1) is 15.6. The number of anilines is 1. The van der Waals surface area contributed by atoms with Crippen LogP contribution in [0.3, 0.4) is 0 Å². The van der Waals surface area contributed by atoms with Crippen LogP contribution in [0, 0.1) is 0 Å². The predicted molar refractivity (Wildman–Crippen MR) is 127 cm³/mol. The molecule has 3 atom stereocenters. The number of hydrogen-bond donors (Lipinski definition) is 2. The number of amides is 1. The van der Waals surface area contributed by atoms with Gasteiger partial charge in [-0.2, -0.15) is 0 Å². The molecule has 2 saturated heterocycles. The zero-order valence-electron chi connectivity index (χ0n) is 18.9. The van der Waals surface area contributed by atoms with Gasteiger partial charge in [-0.15, -0.1) is 0 Å². The van der Waals surface area contributed by atoms with Crippen LogP contribution in [0.4, 0.5) is 5.69 Å². The molecule has 2 aromatic rings. The Balaban J connectivity index is 1.20. The molecule has 0 spiro atoms. The van der Waals surface area contributed by atoms with Gasteiger partial charge in [0.2, 0.25) is 5.91 Å². The minimum atomic E-state index is -0.425. The maximum atomic E-state index is 13.4. The predicted octanol–water partition coefficient (Wildman–Crippen LogP) is 2.18. The molecule has 170 valence electrons. The van der Waals surface area contributed by atoms with Crippen LogP contribution in [-0.2, 0) is 17.8 Å². The highest BCUT2D eigenvalue weighted by atomic mass is 16.3. The summed E-state index contributed by atoms with van der Waals surface area (Å²) < 4.78 is 0. The van der Waals surface area contributed by atoms with Gasteiger partial charge >= 0.3 is 0 Å².